The minimum atomic E-state index is -0.415. The number of para-hydroxylation sites is 1. The Morgan fingerprint density at radius 1 is 1.17 bits per heavy atom. The lowest BCUT2D eigenvalue weighted by molar-refractivity contribution is -0.134. The highest BCUT2D eigenvalue weighted by molar-refractivity contribution is 5.81. The van der Waals surface area contributed by atoms with E-state index in [0.29, 0.717) is 13.2 Å². The molecule has 0 aromatic heterocycles. The maximum Gasteiger partial charge on any atom is 0.250 e. The van der Waals surface area contributed by atoms with Crippen LogP contribution < -0.4 is 15.4 Å². The topological polar surface area (TPSA) is 59.6 Å². The van der Waals surface area contributed by atoms with E-state index in [1.165, 1.54) is 0 Å². The van der Waals surface area contributed by atoms with Gasteiger partial charge in [-0.3, -0.25) is 4.79 Å². The molecule has 2 unspecified atom stereocenters. The average Bonchev–Trinajstić information content (AvgIpc) is 2.64. The standard InChI is InChI=1S/C19H22N2O3/c1-14(21-19(22)18-13-20-11-12-23-18)15-7-9-17(10-8-15)24-16-5-3-2-4-6-16/h2-10,14,18,20H,11-13H2,1H3,(H,21,22). The van der Waals surface area contributed by atoms with Gasteiger partial charge < -0.3 is 20.1 Å². The molecule has 0 radical (unpaired) electrons. The van der Waals surface area contributed by atoms with E-state index >= 15 is 0 Å². The highest BCUT2D eigenvalue weighted by Crippen LogP contribution is 2.23. The first-order chi connectivity index (χ1) is 11.7. The smallest absolute Gasteiger partial charge is 0.250 e. The Labute approximate surface area is 142 Å². The number of rotatable bonds is 5. The van der Waals surface area contributed by atoms with Crippen molar-refractivity contribution in [2.45, 2.75) is 19.1 Å². The van der Waals surface area contributed by atoms with Gasteiger partial charge in [0.1, 0.15) is 17.6 Å². The van der Waals surface area contributed by atoms with E-state index in [-0.39, 0.29) is 11.9 Å². The van der Waals surface area contributed by atoms with E-state index in [4.69, 9.17) is 9.47 Å². The van der Waals surface area contributed by atoms with Crippen molar-refractivity contribution in [3.05, 3.63) is 60.2 Å². The van der Waals surface area contributed by atoms with Crippen LogP contribution in [0, 0.1) is 0 Å². The molecule has 0 bridgehead atoms. The van der Waals surface area contributed by atoms with Crippen LogP contribution in [0.3, 0.4) is 0 Å². The zero-order valence-electron chi connectivity index (χ0n) is 13.7. The number of nitrogens with one attached hydrogen (secondary N) is 2. The molecule has 24 heavy (non-hydrogen) atoms. The Hall–Kier alpha value is -2.37. The molecular formula is C19H22N2O3. The summed E-state index contributed by atoms with van der Waals surface area (Å²) in [4.78, 5) is 12.2. The second-order valence-electron chi connectivity index (χ2n) is 5.78. The minimum absolute atomic E-state index is 0.0840. The lowest BCUT2D eigenvalue weighted by Crippen LogP contribution is -2.48. The lowest BCUT2D eigenvalue weighted by atomic mass is 10.1. The van der Waals surface area contributed by atoms with E-state index in [0.717, 1.165) is 23.6 Å². The summed E-state index contributed by atoms with van der Waals surface area (Å²) in [6.07, 6.45) is -0.415. The van der Waals surface area contributed by atoms with Crippen LogP contribution in [-0.2, 0) is 9.53 Å². The van der Waals surface area contributed by atoms with E-state index in [2.05, 4.69) is 10.6 Å². The molecule has 2 aromatic rings. The molecular weight excluding hydrogens is 304 g/mol. The van der Waals surface area contributed by atoms with Gasteiger partial charge in [0.25, 0.3) is 5.91 Å². The molecule has 1 heterocycles. The summed E-state index contributed by atoms with van der Waals surface area (Å²) in [5.41, 5.74) is 1.02. The molecule has 1 fully saturated rings. The first-order valence-corrected chi connectivity index (χ1v) is 8.18. The molecule has 0 aliphatic carbocycles. The predicted octanol–water partition coefficient (Wildman–Crippen LogP) is 2.64. The molecule has 2 atom stereocenters. The van der Waals surface area contributed by atoms with Gasteiger partial charge in [-0.25, -0.2) is 0 Å². The Morgan fingerprint density at radius 2 is 1.88 bits per heavy atom. The summed E-state index contributed by atoms with van der Waals surface area (Å²) >= 11 is 0. The quantitative estimate of drug-likeness (QED) is 0.887. The fourth-order valence-corrected chi connectivity index (χ4v) is 2.57. The fourth-order valence-electron chi connectivity index (χ4n) is 2.57. The molecule has 1 saturated heterocycles. The van der Waals surface area contributed by atoms with Crippen LogP contribution in [0.1, 0.15) is 18.5 Å². The first kappa shape index (κ1) is 16.5. The number of benzene rings is 2. The van der Waals surface area contributed by atoms with Crippen LogP contribution in [0.5, 0.6) is 11.5 Å². The number of hydrogen-bond acceptors (Lipinski definition) is 4. The van der Waals surface area contributed by atoms with Crippen LogP contribution in [0.4, 0.5) is 0 Å². The molecule has 1 aliphatic rings. The molecule has 126 valence electrons. The van der Waals surface area contributed by atoms with E-state index < -0.39 is 6.10 Å². The molecule has 1 aliphatic heterocycles. The van der Waals surface area contributed by atoms with Gasteiger partial charge in [-0.1, -0.05) is 30.3 Å². The van der Waals surface area contributed by atoms with Gasteiger partial charge in [0, 0.05) is 13.1 Å². The Bertz CT molecular complexity index is 652. The first-order valence-electron chi connectivity index (χ1n) is 8.18. The van der Waals surface area contributed by atoms with Gasteiger partial charge in [0.15, 0.2) is 0 Å². The molecule has 5 nitrogen and oxygen atoms in total. The predicted molar refractivity (Wildman–Crippen MR) is 92.1 cm³/mol. The Morgan fingerprint density at radius 3 is 2.54 bits per heavy atom. The fraction of sp³-hybridized carbons (Fsp3) is 0.316. The van der Waals surface area contributed by atoms with Crippen molar-refractivity contribution in [1.29, 1.82) is 0 Å². The monoisotopic (exact) mass is 326 g/mol. The van der Waals surface area contributed by atoms with Crippen LogP contribution in [0.25, 0.3) is 0 Å². The summed E-state index contributed by atoms with van der Waals surface area (Å²) in [7, 11) is 0. The van der Waals surface area contributed by atoms with E-state index in [9.17, 15) is 4.79 Å². The molecule has 0 spiro atoms. The second-order valence-corrected chi connectivity index (χ2v) is 5.78. The van der Waals surface area contributed by atoms with Crippen molar-refractivity contribution in [2.24, 2.45) is 0 Å². The second kappa shape index (κ2) is 7.95. The Balaban J connectivity index is 1.57. The normalized spacial score (nSPS) is 18.6. The zero-order chi connectivity index (χ0) is 16.8. The van der Waals surface area contributed by atoms with Crippen molar-refractivity contribution < 1.29 is 14.3 Å². The van der Waals surface area contributed by atoms with Gasteiger partial charge in [-0.05, 0) is 36.8 Å². The van der Waals surface area contributed by atoms with Crippen LogP contribution >= 0.6 is 0 Å². The van der Waals surface area contributed by atoms with Gasteiger partial charge in [0.2, 0.25) is 0 Å². The third kappa shape index (κ3) is 4.34. The molecule has 3 rings (SSSR count). The highest BCUT2D eigenvalue weighted by atomic mass is 16.5. The lowest BCUT2D eigenvalue weighted by Gasteiger charge is -2.24. The zero-order valence-corrected chi connectivity index (χ0v) is 13.7. The number of ether oxygens (including phenoxy) is 2. The highest BCUT2D eigenvalue weighted by Gasteiger charge is 2.23. The van der Waals surface area contributed by atoms with Gasteiger partial charge >= 0.3 is 0 Å². The summed E-state index contributed by atoms with van der Waals surface area (Å²) in [5.74, 6) is 1.48. The van der Waals surface area contributed by atoms with E-state index in [1.54, 1.807) is 0 Å². The summed E-state index contributed by atoms with van der Waals surface area (Å²) in [5, 5.41) is 6.15. The number of carbonyl (C=O) groups excluding carboxylic acids is 1. The van der Waals surface area contributed by atoms with Crippen LogP contribution in [0.15, 0.2) is 54.6 Å². The van der Waals surface area contributed by atoms with Gasteiger partial charge in [0.05, 0.1) is 12.6 Å². The summed E-state index contributed by atoms with van der Waals surface area (Å²) in [6.45, 7) is 3.88. The third-order valence-corrected chi connectivity index (χ3v) is 3.94. The van der Waals surface area contributed by atoms with Crippen LogP contribution in [0.2, 0.25) is 0 Å². The minimum Gasteiger partial charge on any atom is -0.457 e. The molecule has 2 N–H and O–H groups in total. The number of hydrogen-bond donors (Lipinski definition) is 2. The molecule has 0 saturated carbocycles. The van der Waals surface area contributed by atoms with Crippen LogP contribution in [-0.4, -0.2) is 31.7 Å². The largest absolute Gasteiger partial charge is 0.457 e. The number of amides is 1. The Kier molecular flexibility index (Phi) is 5.46. The molecule has 5 heteroatoms. The van der Waals surface area contributed by atoms with Crippen molar-refractivity contribution in [3.63, 3.8) is 0 Å². The van der Waals surface area contributed by atoms with Crippen molar-refractivity contribution in [3.8, 4) is 11.5 Å². The van der Waals surface area contributed by atoms with Gasteiger partial charge in [-0.15, -0.1) is 0 Å². The SMILES string of the molecule is CC(NC(=O)C1CNCCO1)c1ccc(Oc2ccccc2)cc1. The number of morpholine rings is 1. The third-order valence-electron chi connectivity index (χ3n) is 3.94. The number of carbonyl (C=O) groups is 1. The molecule has 2 aromatic carbocycles. The summed E-state index contributed by atoms with van der Waals surface area (Å²) in [6, 6.07) is 17.3. The van der Waals surface area contributed by atoms with E-state index in [1.807, 2.05) is 61.5 Å². The maximum absolute atomic E-state index is 12.2. The van der Waals surface area contributed by atoms with Crippen molar-refractivity contribution in [1.82, 2.24) is 10.6 Å². The summed E-state index contributed by atoms with van der Waals surface area (Å²) < 4.78 is 11.2. The molecule has 1 amide bonds. The van der Waals surface area contributed by atoms with Crippen molar-refractivity contribution in [2.75, 3.05) is 19.7 Å². The average molecular weight is 326 g/mol. The van der Waals surface area contributed by atoms with Crippen molar-refractivity contribution >= 4 is 5.91 Å². The van der Waals surface area contributed by atoms with Gasteiger partial charge in [-0.2, -0.15) is 0 Å². The maximum atomic E-state index is 12.2.